The monoisotopic (exact) mass is 221 g/mol. The molecule has 0 spiro atoms. The van der Waals surface area contributed by atoms with Gasteiger partial charge in [0, 0.05) is 18.8 Å². The van der Waals surface area contributed by atoms with E-state index in [1.165, 1.54) is 0 Å². The van der Waals surface area contributed by atoms with Crippen LogP contribution in [0.25, 0.3) is 0 Å². The summed E-state index contributed by atoms with van der Waals surface area (Å²) in [5, 5.41) is 2.76. The maximum absolute atomic E-state index is 11.3. The first-order chi connectivity index (χ1) is 7.63. The highest BCUT2D eigenvalue weighted by Crippen LogP contribution is 2.12. The van der Waals surface area contributed by atoms with Gasteiger partial charge in [-0.3, -0.25) is 9.69 Å². The van der Waals surface area contributed by atoms with Gasteiger partial charge in [0.2, 0.25) is 5.91 Å². The Bertz CT molecular complexity index is 352. The predicted octanol–water partition coefficient (Wildman–Crippen LogP) is 0.837. The Labute approximate surface area is 96.4 Å². The number of benzene rings is 1. The van der Waals surface area contributed by atoms with Gasteiger partial charge in [-0.2, -0.15) is 0 Å². The Balaban J connectivity index is 2.48. The summed E-state index contributed by atoms with van der Waals surface area (Å²) in [6.07, 6.45) is 0. The molecule has 1 aromatic carbocycles. The minimum Gasteiger partial charge on any atom is -0.398 e. The van der Waals surface area contributed by atoms with E-state index in [0.717, 1.165) is 11.3 Å². The lowest BCUT2D eigenvalue weighted by atomic mass is 10.2. The highest BCUT2D eigenvalue weighted by atomic mass is 16.1. The van der Waals surface area contributed by atoms with E-state index in [1.54, 1.807) is 0 Å². The number of carbonyl (C=O) groups is 1. The third-order valence-corrected chi connectivity index (χ3v) is 2.28. The molecule has 0 unspecified atom stereocenters. The first-order valence-electron chi connectivity index (χ1n) is 5.42. The second kappa shape index (κ2) is 6.12. The number of likely N-dealkylation sites (N-methyl/N-ethyl adjacent to an activating group) is 2. The summed E-state index contributed by atoms with van der Waals surface area (Å²) in [4.78, 5) is 13.3. The van der Waals surface area contributed by atoms with Crippen LogP contribution >= 0.6 is 0 Å². The van der Waals surface area contributed by atoms with E-state index in [4.69, 9.17) is 5.73 Å². The number of nitrogens with one attached hydrogen (secondary N) is 1. The molecular formula is C12H19N3O. The third-order valence-electron chi connectivity index (χ3n) is 2.28. The molecule has 0 saturated heterocycles. The van der Waals surface area contributed by atoms with Crippen LogP contribution in [-0.2, 0) is 11.3 Å². The van der Waals surface area contributed by atoms with Gasteiger partial charge < -0.3 is 11.1 Å². The van der Waals surface area contributed by atoms with Crippen LogP contribution in [0.5, 0.6) is 0 Å². The Hall–Kier alpha value is -1.55. The number of nitrogens with zero attached hydrogens (tertiary/aromatic N) is 1. The molecule has 1 amide bonds. The van der Waals surface area contributed by atoms with E-state index in [-0.39, 0.29) is 5.91 Å². The summed E-state index contributed by atoms with van der Waals surface area (Å²) in [6, 6.07) is 7.70. The molecule has 0 aliphatic carbocycles. The van der Waals surface area contributed by atoms with Gasteiger partial charge in [0.05, 0.1) is 6.54 Å². The van der Waals surface area contributed by atoms with Crippen molar-refractivity contribution in [2.24, 2.45) is 0 Å². The van der Waals surface area contributed by atoms with Crippen LogP contribution in [0.2, 0.25) is 0 Å². The second-order valence-electron chi connectivity index (χ2n) is 3.82. The fraction of sp³-hybridized carbons (Fsp3) is 0.417. The lowest BCUT2D eigenvalue weighted by Crippen LogP contribution is -2.34. The number of nitrogens with two attached hydrogens (primary N) is 1. The van der Waals surface area contributed by atoms with Crippen LogP contribution in [0, 0.1) is 0 Å². The van der Waals surface area contributed by atoms with E-state index in [0.29, 0.717) is 19.6 Å². The summed E-state index contributed by atoms with van der Waals surface area (Å²) in [5.41, 5.74) is 7.65. The number of nitrogen functional groups attached to an aromatic ring is 1. The van der Waals surface area contributed by atoms with Crippen molar-refractivity contribution in [2.75, 3.05) is 25.9 Å². The van der Waals surface area contributed by atoms with Crippen LogP contribution in [0.4, 0.5) is 5.69 Å². The zero-order valence-electron chi connectivity index (χ0n) is 9.86. The molecule has 4 nitrogen and oxygen atoms in total. The van der Waals surface area contributed by atoms with E-state index >= 15 is 0 Å². The van der Waals surface area contributed by atoms with Crippen molar-refractivity contribution in [1.29, 1.82) is 0 Å². The zero-order valence-corrected chi connectivity index (χ0v) is 9.86. The third kappa shape index (κ3) is 3.90. The fourth-order valence-corrected chi connectivity index (χ4v) is 1.52. The van der Waals surface area contributed by atoms with Crippen LogP contribution < -0.4 is 11.1 Å². The lowest BCUT2D eigenvalue weighted by molar-refractivity contribution is -0.121. The average Bonchev–Trinajstić information content (AvgIpc) is 2.21. The van der Waals surface area contributed by atoms with Crippen molar-refractivity contribution in [2.45, 2.75) is 13.5 Å². The van der Waals surface area contributed by atoms with E-state index < -0.39 is 0 Å². The van der Waals surface area contributed by atoms with Crippen LogP contribution in [-0.4, -0.2) is 30.9 Å². The van der Waals surface area contributed by atoms with Crippen LogP contribution in [0.1, 0.15) is 12.5 Å². The van der Waals surface area contributed by atoms with Gasteiger partial charge in [0.15, 0.2) is 0 Å². The molecule has 0 saturated carbocycles. The Morgan fingerprint density at radius 1 is 1.44 bits per heavy atom. The molecule has 3 N–H and O–H groups in total. The van der Waals surface area contributed by atoms with Crippen molar-refractivity contribution in [3.8, 4) is 0 Å². The summed E-state index contributed by atoms with van der Waals surface area (Å²) in [5.74, 6) is 0.0412. The molecule has 0 aromatic heterocycles. The summed E-state index contributed by atoms with van der Waals surface area (Å²) >= 11 is 0. The lowest BCUT2D eigenvalue weighted by Gasteiger charge is -2.17. The molecular weight excluding hydrogens is 202 g/mol. The van der Waals surface area contributed by atoms with Gasteiger partial charge >= 0.3 is 0 Å². The van der Waals surface area contributed by atoms with Crippen molar-refractivity contribution < 1.29 is 4.79 Å². The highest BCUT2D eigenvalue weighted by Gasteiger charge is 2.07. The maximum atomic E-state index is 11.3. The maximum Gasteiger partial charge on any atom is 0.234 e. The van der Waals surface area contributed by atoms with E-state index in [2.05, 4.69) is 5.32 Å². The molecule has 1 rings (SSSR count). The van der Waals surface area contributed by atoms with Crippen LogP contribution in [0.3, 0.4) is 0 Å². The van der Waals surface area contributed by atoms with Gasteiger partial charge in [0.1, 0.15) is 0 Å². The smallest absolute Gasteiger partial charge is 0.234 e. The van der Waals surface area contributed by atoms with Gasteiger partial charge in [-0.25, -0.2) is 0 Å². The average molecular weight is 221 g/mol. The standard InChI is InChI=1S/C12H19N3O/c1-3-14-12(16)9-15(2)8-10-6-4-5-7-11(10)13/h4-7H,3,8-9,13H2,1-2H3,(H,14,16). The summed E-state index contributed by atoms with van der Waals surface area (Å²) in [7, 11) is 1.90. The molecule has 0 aliphatic rings. The molecule has 0 atom stereocenters. The summed E-state index contributed by atoms with van der Waals surface area (Å²) < 4.78 is 0. The SMILES string of the molecule is CCNC(=O)CN(C)Cc1ccccc1N. The number of amides is 1. The van der Waals surface area contributed by atoms with Gasteiger partial charge in [-0.15, -0.1) is 0 Å². The fourth-order valence-electron chi connectivity index (χ4n) is 1.52. The Morgan fingerprint density at radius 2 is 2.12 bits per heavy atom. The van der Waals surface area contributed by atoms with E-state index in [9.17, 15) is 4.79 Å². The minimum atomic E-state index is 0.0412. The topological polar surface area (TPSA) is 58.4 Å². The molecule has 0 fully saturated rings. The van der Waals surface area contributed by atoms with Crippen molar-refractivity contribution >= 4 is 11.6 Å². The number of hydrogen-bond acceptors (Lipinski definition) is 3. The summed E-state index contributed by atoms with van der Waals surface area (Å²) in [6.45, 7) is 3.65. The minimum absolute atomic E-state index is 0.0412. The van der Waals surface area contributed by atoms with Crippen LogP contribution in [0.15, 0.2) is 24.3 Å². The van der Waals surface area contributed by atoms with Gasteiger partial charge in [-0.1, -0.05) is 18.2 Å². The molecule has 88 valence electrons. The molecule has 4 heteroatoms. The molecule has 16 heavy (non-hydrogen) atoms. The number of rotatable bonds is 5. The van der Waals surface area contributed by atoms with Crippen molar-refractivity contribution in [1.82, 2.24) is 10.2 Å². The number of anilines is 1. The molecule has 0 heterocycles. The highest BCUT2D eigenvalue weighted by molar-refractivity contribution is 5.77. The molecule has 0 aliphatic heterocycles. The largest absolute Gasteiger partial charge is 0.398 e. The van der Waals surface area contributed by atoms with E-state index in [1.807, 2.05) is 43.1 Å². The zero-order chi connectivity index (χ0) is 12.0. The van der Waals surface area contributed by atoms with Crippen molar-refractivity contribution in [3.63, 3.8) is 0 Å². The first-order valence-corrected chi connectivity index (χ1v) is 5.42. The quantitative estimate of drug-likeness (QED) is 0.724. The molecule has 1 aromatic rings. The first kappa shape index (κ1) is 12.5. The predicted molar refractivity (Wildman–Crippen MR) is 65.9 cm³/mol. The normalized spacial score (nSPS) is 10.4. The second-order valence-corrected chi connectivity index (χ2v) is 3.82. The molecule has 0 bridgehead atoms. The number of para-hydroxylation sites is 1. The van der Waals surface area contributed by atoms with Gasteiger partial charge in [0.25, 0.3) is 0 Å². The Kier molecular flexibility index (Phi) is 4.79. The van der Waals surface area contributed by atoms with Crippen molar-refractivity contribution in [3.05, 3.63) is 29.8 Å². The number of hydrogen-bond donors (Lipinski definition) is 2. The number of carbonyl (C=O) groups excluding carboxylic acids is 1. The Morgan fingerprint density at radius 3 is 2.75 bits per heavy atom. The van der Waals surface area contributed by atoms with Gasteiger partial charge in [-0.05, 0) is 25.6 Å². The molecule has 0 radical (unpaired) electrons.